The summed E-state index contributed by atoms with van der Waals surface area (Å²) in [6.45, 7) is 1.88. The average molecular weight is 500 g/mol. The molecule has 1 N–H and O–H groups in total. The topological polar surface area (TPSA) is 89.0 Å². The molecule has 0 saturated carbocycles. The number of benzene rings is 2. The van der Waals surface area contributed by atoms with Gasteiger partial charge in [-0.2, -0.15) is 0 Å². The molecule has 4 aromatic rings. The third kappa shape index (κ3) is 3.86. The minimum absolute atomic E-state index is 0.175. The Labute approximate surface area is 210 Å². The molecule has 174 valence electrons. The van der Waals surface area contributed by atoms with E-state index in [0.717, 1.165) is 28.1 Å². The SMILES string of the molecule is Cc1nc(SCC(=O)Nc2ccc3c(c2)C(=O)c2ccccc2C3=O)c2c3c(sc2n1)CCCC3. The van der Waals surface area contributed by atoms with Crippen molar-refractivity contribution in [1.82, 2.24) is 9.97 Å². The van der Waals surface area contributed by atoms with E-state index in [2.05, 4.69) is 15.3 Å². The van der Waals surface area contributed by atoms with Crippen molar-refractivity contribution < 1.29 is 14.4 Å². The van der Waals surface area contributed by atoms with Crippen LogP contribution in [0, 0.1) is 6.92 Å². The number of fused-ring (bicyclic) bond motifs is 5. The van der Waals surface area contributed by atoms with Crippen LogP contribution in [0.15, 0.2) is 47.5 Å². The number of nitrogens with one attached hydrogen (secondary N) is 1. The number of aromatic nitrogens is 2. The second-order valence-corrected chi connectivity index (χ2v) is 10.8. The Hall–Kier alpha value is -3.36. The van der Waals surface area contributed by atoms with Crippen LogP contribution >= 0.6 is 23.1 Å². The van der Waals surface area contributed by atoms with Crippen LogP contribution in [0.4, 0.5) is 5.69 Å². The lowest BCUT2D eigenvalue weighted by molar-refractivity contribution is -0.113. The molecule has 0 fully saturated rings. The van der Waals surface area contributed by atoms with Crippen molar-refractivity contribution in [3.63, 3.8) is 0 Å². The summed E-state index contributed by atoms with van der Waals surface area (Å²) in [6, 6.07) is 11.7. The lowest BCUT2D eigenvalue weighted by atomic mass is 9.84. The summed E-state index contributed by atoms with van der Waals surface area (Å²) in [5.41, 5.74) is 3.33. The number of thioether (sulfide) groups is 1. The van der Waals surface area contributed by atoms with E-state index in [4.69, 9.17) is 0 Å². The van der Waals surface area contributed by atoms with Crippen molar-refractivity contribution in [1.29, 1.82) is 0 Å². The average Bonchev–Trinajstić information content (AvgIpc) is 3.24. The monoisotopic (exact) mass is 499 g/mol. The number of rotatable bonds is 4. The highest BCUT2D eigenvalue weighted by atomic mass is 32.2. The van der Waals surface area contributed by atoms with Crippen molar-refractivity contribution in [2.75, 3.05) is 11.1 Å². The first-order valence-electron chi connectivity index (χ1n) is 11.5. The molecule has 0 aliphatic heterocycles. The van der Waals surface area contributed by atoms with Gasteiger partial charge in [0.15, 0.2) is 11.6 Å². The van der Waals surface area contributed by atoms with Gasteiger partial charge in [0.25, 0.3) is 0 Å². The molecule has 0 spiro atoms. The molecular formula is C27H21N3O3S2. The highest BCUT2D eigenvalue weighted by Crippen LogP contribution is 2.39. The number of aryl methyl sites for hydroxylation is 3. The summed E-state index contributed by atoms with van der Waals surface area (Å²) in [5.74, 6) is 0.311. The predicted molar refractivity (Wildman–Crippen MR) is 138 cm³/mol. The van der Waals surface area contributed by atoms with Gasteiger partial charge in [0, 0.05) is 38.2 Å². The molecular weight excluding hydrogens is 478 g/mol. The second-order valence-electron chi connectivity index (χ2n) is 8.77. The Balaban J connectivity index is 1.22. The molecule has 6 rings (SSSR count). The van der Waals surface area contributed by atoms with Gasteiger partial charge < -0.3 is 5.32 Å². The van der Waals surface area contributed by atoms with Gasteiger partial charge in [-0.1, -0.05) is 36.0 Å². The third-order valence-corrected chi connectivity index (χ3v) is 8.60. The highest BCUT2D eigenvalue weighted by Gasteiger charge is 2.29. The lowest BCUT2D eigenvalue weighted by Gasteiger charge is -2.18. The van der Waals surface area contributed by atoms with Crippen LogP contribution in [0.3, 0.4) is 0 Å². The first-order valence-corrected chi connectivity index (χ1v) is 13.3. The molecule has 2 aromatic heterocycles. The summed E-state index contributed by atoms with van der Waals surface area (Å²) >= 11 is 3.16. The van der Waals surface area contributed by atoms with Crippen LogP contribution in [-0.4, -0.2) is 33.2 Å². The van der Waals surface area contributed by atoms with E-state index >= 15 is 0 Å². The molecule has 35 heavy (non-hydrogen) atoms. The highest BCUT2D eigenvalue weighted by molar-refractivity contribution is 8.00. The Morgan fingerprint density at radius 3 is 2.49 bits per heavy atom. The van der Waals surface area contributed by atoms with E-state index in [9.17, 15) is 14.4 Å². The molecule has 8 heteroatoms. The summed E-state index contributed by atoms with van der Waals surface area (Å²) in [6.07, 6.45) is 4.50. The molecule has 0 bridgehead atoms. The van der Waals surface area contributed by atoms with E-state index in [1.807, 2.05) is 6.92 Å². The van der Waals surface area contributed by atoms with Gasteiger partial charge >= 0.3 is 0 Å². The summed E-state index contributed by atoms with van der Waals surface area (Å²) < 4.78 is 0. The molecule has 0 saturated heterocycles. The zero-order valence-electron chi connectivity index (χ0n) is 19.0. The minimum atomic E-state index is -0.207. The summed E-state index contributed by atoms with van der Waals surface area (Å²) in [7, 11) is 0. The van der Waals surface area contributed by atoms with Gasteiger partial charge in [-0.25, -0.2) is 9.97 Å². The van der Waals surface area contributed by atoms with Gasteiger partial charge in [0.2, 0.25) is 5.91 Å². The number of carbonyl (C=O) groups excluding carboxylic acids is 3. The molecule has 2 aliphatic rings. The Morgan fingerprint density at radius 1 is 0.971 bits per heavy atom. The molecule has 1 amide bonds. The zero-order chi connectivity index (χ0) is 24.1. The molecule has 6 nitrogen and oxygen atoms in total. The number of nitrogens with zero attached hydrogens (tertiary/aromatic N) is 2. The van der Waals surface area contributed by atoms with Gasteiger partial charge in [-0.15, -0.1) is 11.3 Å². The quantitative estimate of drug-likeness (QED) is 0.264. The fourth-order valence-corrected chi connectivity index (χ4v) is 7.11. The fourth-order valence-electron chi connectivity index (χ4n) is 4.84. The van der Waals surface area contributed by atoms with Gasteiger partial charge in [0.1, 0.15) is 15.7 Å². The van der Waals surface area contributed by atoms with Crippen LogP contribution in [0.5, 0.6) is 0 Å². The van der Waals surface area contributed by atoms with Gasteiger partial charge in [0.05, 0.1) is 5.75 Å². The number of amides is 1. The van der Waals surface area contributed by atoms with Crippen molar-refractivity contribution in [2.45, 2.75) is 37.6 Å². The van der Waals surface area contributed by atoms with Gasteiger partial charge in [-0.3, -0.25) is 14.4 Å². The number of carbonyl (C=O) groups is 3. The number of hydrogen-bond donors (Lipinski definition) is 1. The Bertz CT molecular complexity index is 1560. The van der Waals surface area contributed by atoms with Crippen LogP contribution in [0.2, 0.25) is 0 Å². The molecule has 0 unspecified atom stereocenters. The Morgan fingerprint density at radius 2 is 1.69 bits per heavy atom. The lowest BCUT2D eigenvalue weighted by Crippen LogP contribution is -2.21. The number of hydrogen-bond acceptors (Lipinski definition) is 7. The molecule has 0 radical (unpaired) electrons. The van der Waals surface area contributed by atoms with Crippen molar-refractivity contribution >= 4 is 56.5 Å². The second kappa shape index (κ2) is 8.70. The number of ketones is 2. The first kappa shape index (κ1) is 22.1. The van der Waals surface area contributed by atoms with E-state index < -0.39 is 0 Å². The maximum atomic E-state index is 13.0. The summed E-state index contributed by atoms with van der Waals surface area (Å²) in [4.78, 5) is 50.3. The molecule has 2 aromatic carbocycles. The minimum Gasteiger partial charge on any atom is -0.325 e. The van der Waals surface area contributed by atoms with E-state index in [-0.39, 0.29) is 23.2 Å². The molecule has 2 heterocycles. The van der Waals surface area contributed by atoms with Crippen LogP contribution in [0.1, 0.15) is 60.9 Å². The predicted octanol–water partition coefficient (Wildman–Crippen LogP) is 5.38. The first-order chi connectivity index (χ1) is 17.0. The van der Waals surface area contributed by atoms with Crippen molar-refractivity contribution in [3.8, 4) is 0 Å². The smallest absolute Gasteiger partial charge is 0.234 e. The molecule has 0 atom stereocenters. The fraction of sp³-hybridized carbons (Fsp3) is 0.222. The number of anilines is 1. The maximum Gasteiger partial charge on any atom is 0.234 e. The molecule has 2 aliphatic carbocycles. The van der Waals surface area contributed by atoms with Crippen molar-refractivity contribution in [2.24, 2.45) is 0 Å². The van der Waals surface area contributed by atoms with Crippen LogP contribution in [0.25, 0.3) is 10.2 Å². The normalized spacial score (nSPS) is 14.4. The van der Waals surface area contributed by atoms with E-state index in [1.165, 1.54) is 35.0 Å². The third-order valence-electron chi connectivity index (χ3n) is 6.44. The van der Waals surface area contributed by atoms with Crippen molar-refractivity contribution in [3.05, 3.63) is 81.0 Å². The maximum absolute atomic E-state index is 13.0. The van der Waals surface area contributed by atoms with Crippen LogP contribution in [-0.2, 0) is 17.6 Å². The number of thiophene rings is 1. The Kier molecular flexibility index (Phi) is 5.50. The van der Waals surface area contributed by atoms with Crippen LogP contribution < -0.4 is 5.32 Å². The van der Waals surface area contributed by atoms with Gasteiger partial charge in [-0.05, 0) is 56.4 Å². The zero-order valence-corrected chi connectivity index (χ0v) is 20.6. The van der Waals surface area contributed by atoms with E-state index in [0.29, 0.717) is 33.8 Å². The summed E-state index contributed by atoms with van der Waals surface area (Å²) in [5, 5.41) is 4.83. The standard InChI is InChI=1S/C27H21N3O3S2/c1-14-28-26(23-19-8-4-5-9-21(19)35-27(23)29-14)34-13-22(31)30-15-10-11-18-20(12-15)25(33)17-7-3-2-6-16(17)24(18)32/h2-3,6-7,10-12H,4-5,8-9,13H2,1H3,(H,30,31). The largest absolute Gasteiger partial charge is 0.325 e. The van der Waals surface area contributed by atoms with E-state index in [1.54, 1.807) is 53.8 Å².